The van der Waals surface area contributed by atoms with Gasteiger partial charge in [0.15, 0.2) is 5.78 Å². The molecule has 1 aromatic carbocycles. The van der Waals surface area contributed by atoms with Crippen molar-refractivity contribution in [3.63, 3.8) is 0 Å². The van der Waals surface area contributed by atoms with E-state index in [1.165, 1.54) is 30.5 Å². The minimum atomic E-state index is -0.356. The minimum Gasteiger partial charge on any atom is -0.289 e. The highest BCUT2D eigenvalue weighted by molar-refractivity contribution is 9.10. The van der Waals surface area contributed by atoms with E-state index in [9.17, 15) is 9.18 Å². The zero-order valence-corrected chi connectivity index (χ0v) is 9.74. The molecular formula is C12H7BrFNO. The molecule has 1 aromatic heterocycles. The molecule has 0 saturated carbocycles. The first-order valence-corrected chi connectivity index (χ1v) is 5.38. The summed E-state index contributed by atoms with van der Waals surface area (Å²) in [4.78, 5) is 15.9. The highest BCUT2D eigenvalue weighted by atomic mass is 79.9. The summed E-state index contributed by atoms with van der Waals surface area (Å²) in [6.07, 6.45) is 1.48. The predicted octanol–water partition coefficient (Wildman–Crippen LogP) is 3.21. The van der Waals surface area contributed by atoms with Gasteiger partial charge >= 0.3 is 0 Å². The Kier molecular flexibility index (Phi) is 3.10. The van der Waals surface area contributed by atoms with Crippen LogP contribution in [0, 0.1) is 5.82 Å². The second-order valence-electron chi connectivity index (χ2n) is 3.21. The lowest BCUT2D eigenvalue weighted by atomic mass is 10.1. The van der Waals surface area contributed by atoms with E-state index < -0.39 is 0 Å². The number of nitrogens with zero attached hydrogens (tertiary/aromatic N) is 1. The van der Waals surface area contributed by atoms with Crippen molar-refractivity contribution in [3.05, 3.63) is 64.1 Å². The zero-order valence-electron chi connectivity index (χ0n) is 8.15. The summed E-state index contributed by atoms with van der Waals surface area (Å²) in [6.45, 7) is 0. The molecule has 0 unspecified atom stereocenters. The maximum atomic E-state index is 12.7. The molecular weight excluding hydrogens is 273 g/mol. The normalized spacial score (nSPS) is 10.1. The topological polar surface area (TPSA) is 30.0 Å². The first-order chi connectivity index (χ1) is 7.66. The van der Waals surface area contributed by atoms with Gasteiger partial charge in [0, 0.05) is 17.3 Å². The van der Waals surface area contributed by atoms with Crippen molar-refractivity contribution in [2.75, 3.05) is 0 Å². The molecule has 80 valence electrons. The molecule has 1 heterocycles. The number of pyridine rings is 1. The summed E-state index contributed by atoms with van der Waals surface area (Å²) in [5.41, 5.74) is 0.931. The van der Waals surface area contributed by atoms with Crippen molar-refractivity contribution in [3.8, 4) is 0 Å². The van der Waals surface area contributed by atoms with Crippen molar-refractivity contribution < 1.29 is 9.18 Å². The van der Waals surface area contributed by atoms with E-state index in [2.05, 4.69) is 20.9 Å². The lowest BCUT2D eigenvalue weighted by Crippen LogP contribution is -2.01. The number of ketones is 1. The summed E-state index contributed by atoms with van der Waals surface area (Å²) >= 11 is 3.19. The van der Waals surface area contributed by atoms with Crippen LogP contribution in [-0.4, -0.2) is 10.8 Å². The van der Waals surface area contributed by atoms with Gasteiger partial charge in [-0.05, 0) is 52.3 Å². The Balaban J connectivity index is 2.32. The van der Waals surface area contributed by atoms with Crippen LogP contribution in [0.15, 0.2) is 47.2 Å². The van der Waals surface area contributed by atoms with Crippen LogP contribution >= 0.6 is 15.9 Å². The molecule has 2 rings (SSSR count). The van der Waals surface area contributed by atoms with E-state index >= 15 is 0 Å². The maximum Gasteiger partial charge on any atom is 0.194 e. The van der Waals surface area contributed by atoms with Crippen LogP contribution in [0.1, 0.15) is 15.9 Å². The van der Waals surface area contributed by atoms with Gasteiger partial charge in [-0.1, -0.05) is 0 Å². The standard InChI is InChI=1S/C12H7BrFNO/c13-11-6-3-9(7-15-11)12(16)8-1-4-10(14)5-2-8/h1-7H. The highest BCUT2D eigenvalue weighted by Crippen LogP contribution is 2.12. The Hall–Kier alpha value is -1.55. The van der Waals surface area contributed by atoms with Gasteiger partial charge in [-0.2, -0.15) is 0 Å². The molecule has 0 atom stereocenters. The Labute approximate surface area is 100 Å². The SMILES string of the molecule is O=C(c1ccc(F)cc1)c1ccc(Br)nc1. The van der Waals surface area contributed by atoms with Crippen LogP contribution < -0.4 is 0 Å². The van der Waals surface area contributed by atoms with E-state index in [0.29, 0.717) is 15.7 Å². The number of halogens is 2. The van der Waals surface area contributed by atoms with Crippen molar-refractivity contribution in [2.24, 2.45) is 0 Å². The van der Waals surface area contributed by atoms with E-state index in [1.807, 2.05) is 0 Å². The molecule has 0 fully saturated rings. The Morgan fingerprint density at radius 1 is 1.06 bits per heavy atom. The fraction of sp³-hybridized carbons (Fsp3) is 0. The van der Waals surface area contributed by atoms with E-state index in [0.717, 1.165) is 0 Å². The summed E-state index contributed by atoms with van der Waals surface area (Å²) in [7, 11) is 0. The number of hydrogen-bond donors (Lipinski definition) is 0. The molecule has 0 saturated heterocycles. The monoisotopic (exact) mass is 279 g/mol. The number of hydrogen-bond acceptors (Lipinski definition) is 2. The molecule has 0 aliphatic rings. The van der Waals surface area contributed by atoms with Crippen molar-refractivity contribution >= 4 is 21.7 Å². The summed E-state index contributed by atoms with van der Waals surface area (Å²) in [5, 5.41) is 0. The molecule has 0 spiro atoms. The van der Waals surface area contributed by atoms with Crippen LogP contribution in [0.4, 0.5) is 4.39 Å². The molecule has 0 amide bonds. The first-order valence-electron chi connectivity index (χ1n) is 4.58. The number of carbonyl (C=O) groups is 1. The highest BCUT2D eigenvalue weighted by Gasteiger charge is 2.08. The third-order valence-corrected chi connectivity index (χ3v) is 2.57. The molecule has 0 bridgehead atoms. The third-order valence-electron chi connectivity index (χ3n) is 2.10. The van der Waals surface area contributed by atoms with E-state index in [4.69, 9.17) is 0 Å². The van der Waals surface area contributed by atoms with Gasteiger partial charge in [0.2, 0.25) is 0 Å². The fourth-order valence-electron chi connectivity index (χ4n) is 1.28. The second kappa shape index (κ2) is 4.53. The number of rotatable bonds is 2. The zero-order chi connectivity index (χ0) is 11.5. The first kappa shape index (κ1) is 11.0. The largest absolute Gasteiger partial charge is 0.289 e. The van der Waals surface area contributed by atoms with Crippen LogP contribution in [0.3, 0.4) is 0 Å². The Morgan fingerprint density at radius 3 is 2.25 bits per heavy atom. The third kappa shape index (κ3) is 2.33. The van der Waals surface area contributed by atoms with E-state index in [1.54, 1.807) is 12.1 Å². The predicted molar refractivity (Wildman–Crippen MR) is 61.8 cm³/mol. The Bertz CT molecular complexity index is 460. The molecule has 4 heteroatoms. The van der Waals surface area contributed by atoms with Crippen molar-refractivity contribution in [1.29, 1.82) is 0 Å². The van der Waals surface area contributed by atoms with Crippen LogP contribution in [0.2, 0.25) is 0 Å². The van der Waals surface area contributed by atoms with Crippen LogP contribution in [0.25, 0.3) is 0 Å². The van der Waals surface area contributed by atoms with Gasteiger partial charge in [-0.25, -0.2) is 9.37 Å². The molecule has 2 aromatic rings. The lowest BCUT2D eigenvalue weighted by Gasteiger charge is -2.00. The summed E-state index contributed by atoms with van der Waals surface area (Å²) in [5.74, 6) is -0.523. The Morgan fingerprint density at radius 2 is 1.69 bits per heavy atom. The molecule has 16 heavy (non-hydrogen) atoms. The van der Waals surface area contributed by atoms with Gasteiger partial charge in [-0.3, -0.25) is 4.79 Å². The summed E-state index contributed by atoms with van der Waals surface area (Å²) < 4.78 is 13.3. The second-order valence-corrected chi connectivity index (χ2v) is 4.02. The maximum absolute atomic E-state index is 12.7. The minimum absolute atomic E-state index is 0.167. The van der Waals surface area contributed by atoms with E-state index in [-0.39, 0.29) is 11.6 Å². The van der Waals surface area contributed by atoms with Crippen molar-refractivity contribution in [2.45, 2.75) is 0 Å². The molecule has 0 aliphatic carbocycles. The lowest BCUT2D eigenvalue weighted by molar-refractivity contribution is 0.103. The van der Waals surface area contributed by atoms with Crippen molar-refractivity contribution in [1.82, 2.24) is 4.98 Å². The summed E-state index contributed by atoms with van der Waals surface area (Å²) in [6, 6.07) is 8.80. The van der Waals surface area contributed by atoms with Crippen LogP contribution in [0.5, 0.6) is 0 Å². The fourth-order valence-corrected chi connectivity index (χ4v) is 1.51. The number of aromatic nitrogens is 1. The van der Waals surface area contributed by atoms with Crippen LogP contribution in [-0.2, 0) is 0 Å². The number of benzene rings is 1. The average Bonchev–Trinajstić information content (AvgIpc) is 2.30. The van der Waals surface area contributed by atoms with Gasteiger partial charge in [0.25, 0.3) is 0 Å². The molecule has 0 N–H and O–H groups in total. The van der Waals surface area contributed by atoms with Gasteiger partial charge in [-0.15, -0.1) is 0 Å². The quantitative estimate of drug-likeness (QED) is 0.624. The van der Waals surface area contributed by atoms with Gasteiger partial charge in [0.1, 0.15) is 10.4 Å². The molecule has 0 radical (unpaired) electrons. The van der Waals surface area contributed by atoms with Gasteiger partial charge < -0.3 is 0 Å². The van der Waals surface area contributed by atoms with Gasteiger partial charge in [0.05, 0.1) is 0 Å². The smallest absolute Gasteiger partial charge is 0.194 e. The molecule has 2 nitrogen and oxygen atoms in total. The number of carbonyl (C=O) groups excluding carboxylic acids is 1. The molecule has 0 aliphatic heterocycles. The average molecular weight is 280 g/mol.